The van der Waals surface area contributed by atoms with Crippen LogP contribution in [-0.2, 0) is 21.4 Å². The highest BCUT2D eigenvalue weighted by atomic mass is 35.5. The summed E-state index contributed by atoms with van der Waals surface area (Å²) in [6.07, 6.45) is -0.153. The van der Waals surface area contributed by atoms with Gasteiger partial charge in [-0.25, -0.2) is 8.42 Å². The molecule has 1 aliphatic rings. The van der Waals surface area contributed by atoms with Crippen LogP contribution in [0.2, 0.25) is 4.34 Å². The monoisotopic (exact) mass is 543 g/mol. The maximum absolute atomic E-state index is 12.9. The van der Waals surface area contributed by atoms with Gasteiger partial charge < -0.3 is 10.1 Å². The second-order valence-electron chi connectivity index (χ2n) is 7.35. The number of alkyl halides is 3. The van der Waals surface area contributed by atoms with E-state index in [0.717, 1.165) is 15.6 Å². The molecule has 35 heavy (non-hydrogen) atoms. The van der Waals surface area contributed by atoms with Gasteiger partial charge in [-0.2, -0.15) is 4.31 Å². The first-order valence-corrected chi connectivity index (χ1v) is 12.7. The molecule has 1 atom stereocenters. The van der Waals surface area contributed by atoms with Crippen molar-refractivity contribution >= 4 is 38.9 Å². The first-order valence-electron chi connectivity index (χ1n) is 10.1. The van der Waals surface area contributed by atoms with Crippen molar-refractivity contribution in [3.05, 3.63) is 76.8 Å². The molecule has 0 spiro atoms. The molecule has 2 aromatic heterocycles. The summed E-state index contributed by atoms with van der Waals surface area (Å²) in [5, 5.41) is 2.72. The third kappa shape index (κ3) is 6.01. The standard InChI is InChI=1S/C22H17ClF3N3O4S2/c23-19-7-8-20(34-19)35(31,32)29-11-1-2-18(29)21(30)28-13-14-9-10-27-17(12-14)15-3-5-16(6-4-15)33-22(24,25)26/h1-10,12,18H,11,13H2,(H,28,30). The zero-order valence-corrected chi connectivity index (χ0v) is 20.1. The molecule has 13 heteroatoms. The summed E-state index contributed by atoms with van der Waals surface area (Å²) in [4.78, 5) is 17.0. The number of hydrogen-bond donors (Lipinski definition) is 1. The number of benzene rings is 1. The Morgan fingerprint density at radius 3 is 2.60 bits per heavy atom. The largest absolute Gasteiger partial charge is 0.573 e. The van der Waals surface area contributed by atoms with Crippen LogP contribution in [0.5, 0.6) is 5.75 Å². The number of nitrogens with one attached hydrogen (secondary N) is 1. The van der Waals surface area contributed by atoms with Gasteiger partial charge >= 0.3 is 6.36 Å². The van der Waals surface area contributed by atoms with Gasteiger partial charge in [0, 0.05) is 24.8 Å². The molecule has 0 saturated heterocycles. The van der Waals surface area contributed by atoms with Gasteiger partial charge in [0.25, 0.3) is 10.0 Å². The highest BCUT2D eigenvalue weighted by molar-refractivity contribution is 7.91. The molecule has 1 amide bonds. The van der Waals surface area contributed by atoms with E-state index in [1.165, 1.54) is 48.7 Å². The van der Waals surface area contributed by atoms with E-state index in [9.17, 15) is 26.4 Å². The Bertz CT molecular complexity index is 1360. The fourth-order valence-corrected chi connectivity index (χ4v) is 6.49. The van der Waals surface area contributed by atoms with Gasteiger partial charge in [0.15, 0.2) is 0 Å². The third-order valence-corrected chi connectivity index (χ3v) is 8.51. The Morgan fingerprint density at radius 1 is 1.20 bits per heavy atom. The van der Waals surface area contributed by atoms with Crippen molar-refractivity contribution in [3.63, 3.8) is 0 Å². The Hall–Kier alpha value is -2.93. The van der Waals surface area contributed by atoms with E-state index in [4.69, 9.17) is 11.6 Å². The smallest absolute Gasteiger partial charge is 0.406 e. The molecule has 4 rings (SSSR count). The summed E-state index contributed by atoms with van der Waals surface area (Å²) in [6, 6.07) is 10.4. The third-order valence-electron chi connectivity index (χ3n) is 4.97. The van der Waals surface area contributed by atoms with E-state index >= 15 is 0 Å². The average Bonchev–Trinajstić information content (AvgIpc) is 3.47. The Balaban J connectivity index is 1.42. The van der Waals surface area contributed by atoms with Crippen molar-refractivity contribution in [3.8, 4) is 17.0 Å². The fraction of sp³-hybridized carbons (Fsp3) is 0.182. The van der Waals surface area contributed by atoms with Crippen LogP contribution in [0.4, 0.5) is 13.2 Å². The van der Waals surface area contributed by atoms with Crippen molar-refractivity contribution in [2.45, 2.75) is 23.2 Å². The van der Waals surface area contributed by atoms with Gasteiger partial charge in [0.1, 0.15) is 16.0 Å². The number of amides is 1. The van der Waals surface area contributed by atoms with Crippen LogP contribution in [-0.4, -0.2) is 42.6 Å². The number of thiophene rings is 1. The van der Waals surface area contributed by atoms with Crippen LogP contribution in [0.15, 0.2) is 71.1 Å². The number of sulfonamides is 1. The van der Waals surface area contributed by atoms with Gasteiger partial charge in [0.2, 0.25) is 5.91 Å². The Morgan fingerprint density at radius 2 is 1.94 bits per heavy atom. The molecule has 0 saturated carbocycles. The van der Waals surface area contributed by atoms with Crippen LogP contribution < -0.4 is 10.1 Å². The average molecular weight is 544 g/mol. The maximum Gasteiger partial charge on any atom is 0.573 e. The van der Waals surface area contributed by atoms with Crippen LogP contribution in [0.1, 0.15) is 5.56 Å². The van der Waals surface area contributed by atoms with Crippen LogP contribution in [0.3, 0.4) is 0 Å². The summed E-state index contributed by atoms with van der Waals surface area (Å²) in [5.74, 6) is -0.851. The Labute approximate surface area is 207 Å². The molecule has 1 aromatic carbocycles. The lowest BCUT2D eigenvalue weighted by Crippen LogP contribution is -2.45. The summed E-state index contributed by atoms with van der Waals surface area (Å²) in [7, 11) is -3.90. The summed E-state index contributed by atoms with van der Waals surface area (Å²) < 4.78 is 68.2. The first-order chi connectivity index (χ1) is 16.5. The molecule has 0 fully saturated rings. The summed E-state index contributed by atoms with van der Waals surface area (Å²) in [6.45, 7) is 0.149. The van der Waals surface area contributed by atoms with Crippen LogP contribution >= 0.6 is 22.9 Å². The molecular formula is C22H17ClF3N3O4S2. The van der Waals surface area contributed by atoms with Crippen LogP contribution in [0.25, 0.3) is 11.3 Å². The molecule has 0 aliphatic carbocycles. The van der Waals surface area contributed by atoms with Gasteiger partial charge in [-0.15, -0.1) is 24.5 Å². The second-order valence-corrected chi connectivity index (χ2v) is 11.2. The number of halogens is 4. The SMILES string of the molecule is O=C(NCc1ccnc(-c2ccc(OC(F)(F)F)cc2)c1)C1C=CCN1S(=O)(=O)c1ccc(Cl)s1. The van der Waals surface area contributed by atoms with Crippen molar-refractivity contribution in [2.24, 2.45) is 0 Å². The highest BCUT2D eigenvalue weighted by Crippen LogP contribution is 2.31. The molecule has 7 nitrogen and oxygen atoms in total. The van der Waals surface area contributed by atoms with Crippen molar-refractivity contribution in [2.75, 3.05) is 6.54 Å². The Kier molecular flexibility index (Phi) is 7.17. The van der Waals surface area contributed by atoms with Crippen LogP contribution in [0, 0.1) is 0 Å². The van der Waals surface area contributed by atoms with Gasteiger partial charge in [-0.1, -0.05) is 23.8 Å². The number of carbonyl (C=O) groups is 1. The number of hydrogen-bond acceptors (Lipinski definition) is 6. The minimum absolute atomic E-state index is 0.0504. The number of nitrogens with zero attached hydrogens (tertiary/aromatic N) is 2. The fourth-order valence-electron chi connectivity index (χ4n) is 3.38. The first kappa shape index (κ1) is 25.2. The summed E-state index contributed by atoms with van der Waals surface area (Å²) in [5.41, 5.74) is 1.70. The van der Waals surface area contributed by atoms with E-state index in [2.05, 4.69) is 15.0 Å². The predicted octanol–water partition coefficient (Wildman–Crippen LogP) is 4.61. The highest BCUT2D eigenvalue weighted by Gasteiger charge is 2.37. The van der Waals surface area contributed by atoms with Gasteiger partial charge in [-0.3, -0.25) is 9.78 Å². The van der Waals surface area contributed by atoms with E-state index in [0.29, 0.717) is 21.2 Å². The molecule has 0 bridgehead atoms. The number of carbonyl (C=O) groups excluding carboxylic acids is 1. The van der Waals surface area contributed by atoms with E-state index in [-0.39, 0.29) is 23.0 Å². The minimum Gasteiger partial charge on any atom is -0.406 e. The van der Waals surface area contributed by atoms with E-state index in [1.54, 1.807) is 18.2 Å². The minimum atomic E-state index is -4.78. The summed E-state index contributed by atoms with van der Waals surface area (Å²) >= 11 is 6.78. The van der Waals surface area contributed by atoms with E-state index in [1.807, 2.05) is 0 Å². The lowest BCUT2D eigenvalue weighted by molar-refractivity contribution is -0.274. The molecular weight excluding hydrogens is 527 g/mol. The molecule has 1 unspecified atom stereocenters. The normalized spacial score (nSPS) is 16.4. The van der Waals surface area contributed by atoms with Gasteiger partial charge in [-0.05, 0) is 54.1 Å². The van der Waals surface area contributed by atoms with Crippen molar-refractivity contribution in [1.82, 2.24) is 14.6 Å². The number of rotatable bonds is 7. The number of aromatic nitrogens is 1. The van der Waals surface area contributed by atoms with Crippen molar-refractivity contribution in [1.29, 1.82) is 0 Å². The van der Waals surface area contributed by atoms with Gasteiger partial charge in [0.05, 0.1) is 10.0 Å². The molecule has 1 aliphatic heterocycles. The lowest BCUT2D eigenvalue weighted by Gasteiger charge is -2.22. The molecule has 0 radical (unpaired) electrons. The number of pyridine rings is 1. The molecule has 1 N–H and O–H groups in total. The maximum atomic E-state index is 12.9. The molecule has 3 aromatic rings. The zero-order valence-electron chi connectivity index (χ0n) is 17.7. The zero-order chi connectivity index (χ0) is 25.2. The lowest BCUT2D eigenvalue weighted by atomic mass is 10.1. The predicted molar refractivity (Wildman–Crippen MR) is 124 cm³/mol. The molecule has 184 valence electrons. The van der Waals surface area contributed by atoms with E-state index < -0.39 is 28.3 Å². The second kappa shape index (κ2) is 9.97. The number of ether oxygens (including phenoxy) is 1. The van der Waals surface area contributed by atoms with Crippen molar-refractivity contribution < 1.29 is 31.1 Å². The topological polar surface area (TPSA) is 88.6 Å². The molecule has 3 heterocycles. The quantitative estimate of drug-likeness (QED) is 0.440.